The third-order valence-corrected chi connectivity index (χ3v) is 5.61. The Hall–Kier alpha value is -4.02. The van der Waals surface area contributed by atoms with Crippen LogP contribution < -0.4 is 0 Å². The van der Waals surface area contributed by atoms with Crippen LogP contribution in [0.25, 0.3) is 22.6 Å². The number of benzene rings is 3. The van der Waals surface area contributed by atoms with Gasteiger partial charge in [0.25, 0.3) is 0 Å². The van der Waals surface area contributed by atoms with E-state index in [1.807, 2.05) is 16.8 Å². The molecule has 0 atom stereocenters. The second-order valence-electron chi connectivity index (χ2n) is 7.62. The van der Waals surface area contributed by atoms with Crippen LogP contribution >= 0.6 is 11.6 Å². The fraction of sp³-hybridized carbons (Fsp3) is 0.0769. The van der Waals surface area contributed by atoms with Gasteiger partial charge in [-0.15, -0.1) is 0 Å². The van der Waals surface area contributed by atoms with Gasteiger partial charge in [0.15, 0.2) is 0 Å². The van der Waals surface area contributed by atoms with Gasteiger partial charge >= 0.3 is 12.1 Å². The van der Waals surface area contributed by atoms with E-state index in [0.717, 1.165) is 28.6 Å². The molecule has 0 bridgehead atoms. The minimum atomic E-state index is -4.40. The Morgan fingerprint density at radius 2 is 1.68 bits per heavy atom. The molecule has 1 heterocycles. The number of rotatable bonds is 5. The maximum atomic E-state index is 12.9. The van der Waals surface area contributed by atoms with Crippen molar-refractivity contribution in [1.29, 1.82) is 5.26 Å². The van der Waals surface area contributed by atoms with Gasteiger partial charge in [0.05, 0.1) is 28.3 Å². The van der Waals surface area contributed by atoms with Crippen molar-refractivity contribution < 1.29 is 23.1 Å². The van der Waals surface area contributed by atoms with E-state index >= 15 is 0 Å². The standard InChI is InChI=1S/C26H16ClF3N2O2/c27-22-9-10-23-20(11-19(13-31)17-3-5-18(6-4-17)25(33)34)15-32(24(23)12-22)14-16-1-7-21(8-2-16)26(28,29)30/h1-12,15H,14H2,(H,33,34). The Morgan fingerprint density at radius 1 is 1.03 bits per heavy atom. The van der Waals surface area contributed by atoms with Gasteiger partial charge in [0.1, 0.15) is 0 Å². The van der Waals surface area contributed by atoms with E-state index in [4.69, 9.17) is 16.7 Å². The molecule has 0 saturated heterocycles. The fourth-order valence-electron chi connectivity index (χ4n) is 3.66. The Morgan fingerprint density at radius 3 is 2.26 bits per heavy atom. The Bertz CT molecular complexity index is 1450. The highest BCUT2D eigenvalue weighted by Gasteiger charge is 2.29. The Kier molecular flexibility index (Phi) is 6.18. The van der Waals surface area contributed by atoms with Gasteiger partial charge in [0.2, 0.25) is 0 Å². The third-order valence-electron chi connectivity index (χ3n) is 5.37. The van der Waals surface area contributed by atoms with Crippen molar-refractivity contribution in [2.75, 3.05) is 0 Å². The van der Waals surface area contributed by atoms with Crippen molar-refractivity contribution in [2.24, 2.45) is 0 Å². The number of hydrogen-bond acceptors (Lipinski definition) is 2. The van der Waals surface area contributed by atoms with Crippen LogP contribution in [-0.4, -0.2) is 15.6 Å². The molecule has 8 heteroatoms. The number of carbonyl (C=O) groups is 1. The summed E-state index contributed by atoms with van der Waals surface area (Å²) < 4.78 is 40.5. The average molecular weight is 481 g/mol. The molecule has 0 spiro atoms. The monoisotopic (exact) mass is 480 g/mol. The highest BCUT2D eigenvalue weighted by atomic mass is 35.5. The molecule has 170 valence electrons. The van der Waals surface area contributed by atoms with Gasteiger partial charge in [0, 0.05) is 28.7 Å². The molecule has 4 rings (SSSR count). The molecule has 34 heavy (non-hydrogen) atoms. The number of allylic oxidation sites excluding steroid dienone is 1. The van der Waals surface area contributed by atoms with Crippen LogP contribution in [0.1, 0.15) is 32.6 Å². The first-order chi connectivity index (χ1) is 16.2. The van der Waals surface area contributed by atoms with Crippen molar-refractivity contribution >= 4 is 40.1 Å². The molecule has 0 aliphatic heterocycles. The summed E-state index contributed by atoms with van der Waals surface area (Å²) in [5, 5.41) is 20.1. The minimum Gasteiger partial charge on any atom is -0.478 e. The molecule has 0 radical (unpaired) electrons. The first-order valence-corrected chi connectivity index (χ1v) is 10.4. The van der Waals surface area contributed by atoms with Crippen molar-refractivity contribution in [1.82, 2.24) is 4.57 Å². The Labute approximate surface area is 197 Å². The first-order valence-electron chi connectivity index (χ1n) is 10.1. The van der Waals surface area contributed by atoms with Crippen molar-refractivity contribution in [3.05, 3.63) is 106 Å². The lowest BCUT2D eigenvalue weighted by Crippen LogP contribution is -2.05. The predicted molar refractivity (Wildman–Crippen MR) is 124 cm³/mol. The smallest absolute Gasteiger partial charge is 0.416 e. The van der Waals surface area contributed by atoms with Gasteiger partial charge in [-0.1, -0.05) is 41.9 Å². The highest BCUT2D eigenvalue weighted by Crippen LogP contribution is 2.31. The van der Waals surface area contributed by atoms with E-state index in [2.05, 4.69) is 6.07 Å². The van der Waals surface area contributed by atoms with Gasteiger partial charge in [-0.3, -0.25) is 0 Å². The van der Waals surface area contributed by atoms with Crippen LogP contribution in [0.3, 0.4) is 0 Å². The molecule has 1 N–H and O–H groups in total. The van der Waals surface area contributed by atoms with E-state index in [1.54, 1.807) is 30.3 Å². The number of alkyl halides is 3. The molecule has 4 nitrogen and oxygen atoms in total. The summed E-state index contributed by atoms with van der Waals surface area (Å²) in [4.78, 5) is 11.1. The lowest BCUT2D eigenvalue weighted by Gasteiger charge is -2.09. The van der Waals surface area contributed by atoms with E-state index in [0.29, 0.717) is 28.3 Å². The molecule has 1 aromatic heterocycles. The zero-order valence-electron chi connectivity index (χ0n) is 17.5. The number of aromatic carboxylic acids is 1. The van der Waals surface area contributed by atoms with E-state index in [1.165, 1.54) is 24.3 Å². The molecule has 0 fully saturated rings. The van der Waals surface area contributed by atoms with E-state index in [9.17, 15) is 23.2 Å². The zero-order valence-corrected chi connectivity index (χ0v) is 18.2. The molecule has 3 aromatic carbocycles. The van der Waals surface area contributed by atoms with Crippen LogP contribution in [0, 0.1) is 11.3 Å². The number of nitrogens with zero attached hydrogens (tertiary/aromatic N) is 2. The average Bonchev–Trinajstić information content (AvgIpc) is 3.13. The fourth-order valence-corrected chi connectivity index (χ4v) is 3.83. The summed E-state index contributed by atoms with van der Waals surface area (Å²) in [5.41, 5.74) is 2.45. The summed E-state index contributed by atoms with van der Waals surface area (Å²) >= 11 is 6.19. The van der Waals surface area contributed by atoms with Crippen LogP contribution in [0.4, 0.5) is 13.2 Å². The summed E-state index contributed by atoms with van der Waals surface area (Å²) in [6.07, 6.45) is -0.905. The molecular weight excluding hydrogens is 465 g/mol. The third kappa shape index (κ3) is 4.82. The quantitative estimate of drug-likeness (QED) is 0.309. The van der Waals surface area contributed by atoms with Crippen molar-refractivity contribution in [3.63, 3.8) is 0 Å². The number of halogens is 4. The lowest BCUT2D eigenvalue weighted by atomic mass is 10.0. The molecule has 0 aliphatic rings. The summed E-state index contributed by atoms with van der Waals surface area (Å²) in [6, 6.07) is 18.4. The maximum Gasteiger partial charge on any atom is 0.416 e. The molecule has 0 amide bonds. The van der Waals surface area contributed by atoms with Crippen molar-refractivity contribution in [3.8, 4) is 6.07 Å². The molecule has 0 aliphatic carbocycles. The topological polar surface area (TPSA) is 66.0 Å². The highest BCUT2D eigenvalue weighted by molar-refractivity contribution is 6.31. The van der Waals surface area contributed by atoms with Gasteiger partial charge in [-0.2, -0.15) is 18.4 Å². The number of carboxylic acids is 1. The Balaban J connectivity index is 1.74. The zero-order chi connectivity index (χ0) is 24.5. The van der Waals surface area contributed by atoms with Crippen LogP contribution in [0.5, 0.6) is 0 Å². The summed E-state index contributed by atoms with van der Waals surface area (Å²) in [6.45, 7) is 0.304. The second-order valence-corrected chi connectivity index (χ2v) is 8.06. The lowest BCUT2D eigenvalue weighted by molar-refractivity contribution is -0.137. The van der Waals surface area contributed by atoms with Crippen LogP contribution in [-0.2, 0) is 12.7 Å². The minimum absolute atomic E-state index is 0.115. The number of fused-ring (bicyclic) bond motifs is 1. The normalized spacial score (nSPS) is 12.0. The SMILES string of the molecule is N#CC(=Cc1cn(Cc2ccc(C(F)(F)F)cc2)c2cc(Cl)ccc12)c1ccc(C(=O)O)cc1. The molecule has 0 saturated carbocycles. The molecular formula is C26H16ClF3N2O2. The molecule has 4 aromatic rings. The van der Waals surface area contributed by atoms with Gasteiger partial charge in [-0.05, 0) is 53.6 Å². The van der Waals surface area contributed by atoms with E-state index < -0.39 is 17.7 Å². The predicted octanol–water partition coefficient (Wildman–Crippen LogP) is 7.12. The number of hydrogen-bond donors (Lipinski definition) is 1. The second kappa shape index (κ2) is 9.08. The van der Waals surface area contributed by atoms with Gasteiger partial charge in [-0.25, -0.2) is 4.79 Å². The van der Waals surface area contributed by atoms with Crippen LogP contribution in [0.2, 0.25) is 5.02 Å². The van der Waals surface area contributed by atoms with Crippen molar-refractivity contribution in [2.45, 2.75) is 12.7 Å². The summed E-state index contributed by atoms with van der Waals surface area (Å²) in [5.74, 6) is -1.06. The summed E-state index contributed by atoms with van der Waals surface area (Å²) in [7, 11) is 0. The van der Waals surface area contributed by atoms with Crippen LogP contribution in [0.15, 0.2) is 72.9 Å². The number of carboxylic acid groups (broad SMARTS) is 1. The number of nitriles is 1. The van der Waals surface area contributed by atoms with E-state index in [-0.39, 0.29) is 5.56 Å². The molecule has 0 unspecified atom stereocenters. The number of aromatic nitrogens is 1. The first kappa shape index (κ1) is 23.1. The maximum absolute atomic E-state index is 12.9. The van der Waals surface area contributed by atoms with Gasteiger partial charge < -0.3 is 9.67 Å². The largest absolute Gasteiger partial charge is 0.478 e.